The van der Waals surface area contributed by atoms with Crippen molar-refractivity contribution in [1.82, 2.24) is 14.9 Å². The molecule has 6 nitrogen and oxygen atoms in total. The van der Waals surface area contributed by atoms with Gasteiger partial charge >= 0.3 is 0 Å². The maximum atomic E-state index is 11.1. The highest BCUT2D eigenvalue weighted by Gasteiger charge is 2.20. The molecule has 0 bridgehead atoms. The normalized spacial score (nSPS) is 14.3. The van der Waals surface area contributed by atoms with Crippen molar-refractivity contribution in [2.24, 2.45) is 0 Å². The number of nitrogens with one attached hydrogen (secondary N) is 1. The van der Waals surface area contributed by atoms with E-state index >= 15 is 0 Å². The van der Waals surface area contributed by atoms with Gasteiger partial charge in [0.25, 0.3) is 5.69 Å². The topological polar surface area (TPSA) is 73.0 Å². The van der Waals surface area contributed by atoms with Gasteiger partial charge < -0.3 is 9.88 Å². The third kappa shape index (κ3) is 3.40. The minimum absolute atomic E-state index is 0.0360. The minimum Gasteiger partial charge on any atom is -0.332 e. The molecule has 1 saturated carbocycles. The number of benzene rings is 1. The summed E-state index contributed by atoms with van der Waals surface area (Å²) in [5.74, 6) is 0. The molecule has 0 aliphatic heterocycles. The summed E-state index contributed by atoms with van der Waals surface area (Å²) >= 11 is 6.09. The molecule has 1 aromatic heterocycles. The molecule has 0 atom stereocenters. The maximum Gasteiger partial charge on any atom is 0.275 e. The van der Waals surface area contributed by atoms with E-state index in [0.29, 0.717) is 23.2 Å². The quantitative estimate of drug-likeness (QED) is 0.658. The number of imidazole rings is 1. The summed E-state index contributed by atoms with van der Waals surface area (Å²) in [4.78, 5) is 15.0. The van der Waals surface area contributed by atoms with Crippen molar-refractivity contribution >= 4 is 17.3 Å². The van der Waals surface area contributed by atoms with Gasteiger partial charge in [-0.2, -0.15) is 0 Å². The van der Waals surface area contributed by atoms with Crippen LogP contribution < -0.4 is 5.32 Å². The van der Waals surface area contributed by atoms with Crippen molar-refractivity contribution < 1.29 is 4.92 Å². The summed E-state index contributed by atoms with van der Waals surface area (Å²) in [7, 11) is 0. The molecule has 0 spiro atoms. The second kappa shape index (κ2) is 5.83. The van der Waals surface area contributed by atoms with Crippen molar-refractivity contribution in [1.29, 1.82) is 0 Å². The molecule has 3 rings (SSSR count). The Kier molecular flexibility index (Phi) is 3.90. The standard InChI is InChI=1S/C14H15ClN4O2/c15-13-2-1-3-14(19(20)21)12(13)8-18-7-11(17-9-18)6-16-10-4-5-10/h1-3,7,9-10,16H,4-6,8H2. The molecule has 1 fully saturated rings. The SMILES string of the molecule is O=[N+]([O-])c1cccc(Cl)c1Cn1cnc(CNC2CC2)c1. The summed E-state index contributed by atoms with van der Waals surface area (Å²) < 4.78 is 1.82. The fourth-order valence-electron chi connectivity index (χ4n) is 2.18. The minimum atomic E-state index is -0.409. The molecule has 1 aliphatic carbocycles. The first kappa shape index (κ1) is 14.0. The van der Waals surface area contributed by atoms with Crippen molar-refractivity contribution in [2.75, 3.05) is 0 Å². The highest BCUT2D eigenvalue weighted by molar-refractivity contribution is 6.31. The van der Waals surface area contributed by atoms with Crippen LogP contribution in [0.2, 0.25) is 5.02 Å². The zero-order chi connectivity index (χ0) is 14.8. The van der Waals surface area contributed by atoms with Gasteiger partial charge in [-0.15, -0.1) is 0 Å². The monoisotopic (exact) mass is 306 g/mol. The van der Waals surface area contributed by atoms with Gasteiger partial charge in [-0.3, -0.25) is 10.1 Å². The molecule has 1 heterocycles. The summed E-state index contributed by atoms with van der Waals surface area (Å²) in [5.41, 5.74) is 1.47. The lowest BCUT2D eigenvalue weighted by Crippen LogP contribution is -2.15. The van der Waals surface area contributed by atoms with Gasteiger partial charge in [0.1, 0.15) is 0 Å². The van der Waals surface area contributed by atoms with Crippen LogP contribution in [0.15, 0.2) is 30.7 Å². The van der Waals surface area contributed by atoms with Crippen LogP contribution in [-0.4, -0.2) is 20.5 Å². The first-order chi connectivity index (χ1) is 10.1. The molecule has 0 amide bonds. The molecule has 1 aliphatic rings. The Morgan fingerprint density at radius 2 is 2.29 bits per heavy atom. The average molecular weight is 307 g/mol. The van der Waals surface area contributed by atoms with E-state index in [1.165, 1.54) is 18.9 Å². The fourth-order valence-corrected chi connectivity index (χ4v) is 2.41. The zero-order valence-electron chi connectivity index (χ0n) is 11.3. The third-order valence-corrected chi connectivity index (χ3v) is 3.82. The van der Waals surface area contributed by atoms with E-state index in [-0.39, 0.29) is 5.69 Å². The van der Waals surface area contributed by atoms with Crippen molar-refractivity contribution in [3.8, 4) is 0 Å². The Balaban J connectivity index is 1.75. The highest BCUT2D eigenvalue weighted by Crippen LogP contribution is 2.27. The van der Waals surface area contributed by atoms with E-state index < -0.39 is 4.92 Å². The lowest BCUT2D eigenvalue weighted by molar-refractivity contribution is -0.385. The summed E-state index contributed by atoms with van der Waals surface area (Å²) in [5, 5.41) is 14.8. The molecule has 1 aromatic carbocycles. The van der Waals surface area contributed by atoms with E-state index in [1.807, 2.05) is 10.8 Å². The first-order valence-corrected chi connectivity index (χ1v) is 7.17. The predicted octanol–water partition coefficient (Wildman–Crippen LogP) is 2.75. The van der Waals surface area contributed by atoms with Gasteiger partial charge in [-0.1, -0.05) is 17.7 Å². The van der Waals surface area contributed by atoms with Gasteiger partial charge in [-0.25, -0.2) is 4.98 Å². The molecule has 1 N–H and O–H groups in total. The van der Waals surface area contributed by atoms with Gasteiger partial charge in [0.2, 0.25) is 0 Å². The van der Waals surface area contributed by atoms with Crippen molar-refractivity contribution in [3.05, 3.63) is 57.1 Å². The lowest BCUT2D eigenvalue weighted by atomic mass is 10.2. The van der Waals surface area contributed by atoms with Gasteiger partial charge in [0.05, 0.1) is 34.1 Å². The van der Waals surface area contributed by atoms with E-state index in [2.05, 4.69) is 10.3 Å². The van der Waals surface area contributed by atoms with E-state index in [9.17, 15) is 10.1 Å². The number of hydrogen-bond acceptors (Lipinski definition) is 4. The zero-order valence-corrected chi connectivity index (χ0v) is 12.1. The third-order valence-electron chi connectivity index (χ3n) is 3.47. The Bertz CT molecular complexity index is 667. The Labute approximate surface area is 126 Å². The number of aromatic nitrogens is 2. The molecular weight excluding hydrogens is 292 g/mol. The van der Waals surface area contributed by atoms with Crippen LogP contribution in [0.5, 0.6) is 0 Å². The average Bonchev–Trinajstić information content (AvgIpc) is 3.18. The maximum absolute atomic E-state index is 11.1. The van der Waals surface area contributed by atoms with Crippen LogP contribution in [0.25, 0.3) is 0 Å². The van der Waals surface area contributed by atoms with Gasteiger partial charge in [0, 0.05) is 24.8 Å². The van der Waals surface area contributed by atoms with Crippen LogP contribution in [-0.2, 0) is 13.1 Å². The number of halogens is 1. The number of nitro benzene ring substituents is 1. The molecule has 0 radical (unpaired) electrons. The smallest absolute Gasteiger partial charge is 0.275 e. The number of nitro groups is 1. The number of nitrogens with zero attached hydrogens (tertiary/aromatic N) is 3. The van der Waals surface area contributed by atoms with E-state index in [4.69, 9.17) is 11.6 Å². The second-order valence-electron chi connectivity index (χ2n) is 5.19. The molecule has 110 valence electrons. The molecule has 7 heteroatoms. The predicted molar refractivity (Wildman–Crippen MR) is 79.3 cm³/mol. The Morgan fingerprint density at radius 3 is 3.00 bits per heavy atom. The van der Waals surface area contributed by atoms with Gasteiger partial charge in [-0.05, 0) is 18.9 Å². The number of hydrogen-bond donors (Lipinski definition) is 1. The molecule has 21 heavy (non-hydrogen) atoms. The highest BCUT2D eigenvalue weighted by atomic mass is 35.5. The second-order valence-corrected chi connectivity index (χ2v) is 5.59. The van der Waals surface area contributed by atoms with Gasteiger partial charge in [0.15, 0.2) is 0 Å². The molecule has 0 unspecified atom stereocenters. The summed E-state index contributed by atoms with van der Waals surface area (Å²) in [6.07, 6.45) is 6.03. The van der Waals surface area contributed by atoms with Crippen LogP contribution in [0, 0.1) is 10.1 Å². The fraction of sp³-hybridized carbons (Fsp3) is 0.357. The van der Waals surface area contributed by atoms with Crippen LogP contribution in [0.4, 0.5) is 5.69 Å². The first-order valence-electron chi connectivity index (χ1n) is 6.79. The van der Waals surface area contributed by atoms with Crippen LogP contribution in [0.3, 0.4) is 0 Å². The van der Waals surface area contributed by atoms with Crippen molar-refractivity contribution in [2.45, 2.75) is 32.0 Å². The Hall–Kier alpha value is -1.92. The molecular formula is C14H15ClN4O2. The summed E-state index contributed by atoms with van der Waals surface area (Å²) in [6, 6.07) is 5.34. The largest absolute Gasteiger partial charge is 0.332 e. The van der Waals surface area contributed by atoms with E-state index in [0.717, 1.165) is 12.2 Å². The molecule has 0 saturated heterocycles. The van der Waals surface area contributed by atoms with Crippen LogP contribution >= 0.6 is 11.6 Å². The summed E-state index contributed by atoms with van der Waals surface area (Å²) in [6.45, 7) is 1.06. The molecule has 2 aromatic rings. The number of rotatable bonds is 6. The Morgan fingerprint density at radius 1 is 1.48 bits per heavy atom. The van der Waals surface area contributed by atoms with Crippen molar-refractivity contribution in [3.63, 3.8) is 0 Å². The van der Waals surface area contributed by atoms with Crippen LogP contribution in [0.1, 0.15) is 24.1 Å². The van der Waals surface area contributed by atoms with E-state index in [1.54, 1.807) is 18.5 Å². The lowest BCUT2D eigenvalue weighted by Gasteiger charge is -2.06.